The molecule has 136 valence electrons. The highest BCUT2D eigenvalue weighted by Gasteiger charge is 2.10. The second-order valence-corrected chi connectivity index (χ2v) is 5.86. The number of carbonyl (C=O) groups excluding carboxylic acids is 1. The first-order chi connectivity index (χ1) is 12.1. The molecule has 1 aromatic heterocycles. The standard InChI is InChI=1S/C18H25N3O4/c1-13(2)24-12-4-11-19-16(22)9-10-17-20-18(21-25-17)14-5-7-15(23-3)8-6-14/h5-8,13H,4,9-12H2,1-3H3,(H,19,22). The lowest BCUT2D eigenvalue weighted by Crippen LogP contribution is -2.25. The van der Waals surface area contributed by atoms with Crippen LogP contribution in [0.2, 0.25) is 0 Å². The van der Waals surface area contributed by atoms with Gasteiger partial charge in [0.2, 0.25) is 17.6 Å². The average molecular weight is 347 g/mol. The van der Waals surface area contributed by atoms with Crippen LogP contribution in [-0.4, -0.2) is 42.4 Å². The maximum Gasteiger partial charge on any atom is 0.227 e. The van der Waals surface area contributed by atoms with E-state index >= 15 is 0 Å². The van der Waals surface area contributed by atoms with Crippen molar-refractivity contribution in [3.8, 4) is 17.1 Å². The summed E-state index contributed by atoms with van der Waals surface area (Å²) in [6.07, 6.45) is 1.74. The molecule has 7 nitrogen and oxygen atoms in total. The van der Waals surface area contributed by atoms with Crippen LogP contribution in [0.25, 0.3) is 11.4 Å². The molecule has 0 unspecified atom stereocenters. The van der Waals surface area contributed by atoms with Gasteiger partial charge in [-0.15, -0.1) is 0 Å². The topological polar surface area (TPSA) is 86.5 Å². The van der Waals surface area contributed by atoms with Crippen LogP contribution >= 0.6 is 0 Å². The Kier molecular flexibility index (Phi) is 7.40. The summed E-state index contributed by atoms with van der Waals surface area (Å²) in [6.45, 7) is 5.23. The second kappa shape index (κ2) is 9.78. The van der Waals surface area contributed by atoms with Crippen molar-refractivity contribution in [3.05, 3.63) is 30.2 Å². The van der Waals surface area contributed by atoms with Crippen molar-refractivity contribution in [2.45, 2.75) is 39.2 Å². The largest absolute Gasteiger partial charge is 0.497 e. The zero-order valence-electron chi connectivity index (χ0n) is 14.9. The van der Waals surface area contributed by atoms with E-state index in [1.54, 1.807) is 7.11 Å². The Morgan fingerprint density at radius 1 is 1.28 bits per heavy atom. The van der Waals surface area contributed by atoms with Gasteiger partial charge >= 0.3 is 0 Å². The lowest BCUT2D eigenvalue weighted by Gasteiger charge is -2.07. The summed E-state index contributed by atoms with van der Waals surface area (Å²) in [5.74, 6) is 1.68. The van der Waals surface area contributed by atoms with Crippen LogP contribution in [0.5, 0.6) is 5.75 Å². The SMILES string of the molecule is COc1ccc(-c2noc(CCC(=O)NCCCOC(C)C)n2)cc1. The molecule has 1 amide bonds. The highest BCUT2D eigenvalue weighted by molar-refractivity contribution is 5.75. The smallest absolute Gasteiger partial charge is 0.227 e. The van der Waals surface area contributed by atoms with Gasteiger partial charge in [0.25, 0.3) is 0 Å². The van der Waals surface area contributed by atoms with Gasteiger partial charge in [0.05, 0.1) is 13.2 Å². The molecule has 0 spiro atoms. The van der Waals surface area contributed by atoms with Crippen LogP contribution in [-0.2, 0) is 16.0 Å². The number of carbonyl (C=O) groups is 1. The lowest BCUT2D eigenvalue weighted by atomic mass is 10.2. The van der Waals surface area contributed by atoms with E-state index in [0.717, 1.165) is 17.7 Å². The zero-order valence-corrected chi connectivity index (χ0v) is 14.9. The van der Waals surface area contributed by atoms with Crippen molar-refractivity contribution in [1.82, 2.24) is 15.5 Å². The molecule has 0 fully saturated rings. The normalized spacial score (nSPS) is 10.9. The average Bonchev–Trinajstić information content (AvgIpc) is 3.08. The van der Waals surface area contributed by atoms with Crippen molar-refractivity contribution in [1.29, 1.82) is 0 Å². The monoisotopic (exact) mass is 347 g/mol. The number of hydrogen-bond acceptors (Lipinski definition) is 6. The molecule has 2 rings (SSSR count). The van der Waals surface area contributed by atoms with Crippen molar-refractivity contribution in [2.24, 2.45) is 0 Å². The summed E-state index contributed by atoms with van der Waals surface area (Å²) >= 11 is 0. The van der Waals surface area contributed by atoms with Crippen molar-refractivity contribution < 1.29 is 18.8 Å². The Bertz CT molecular complexity index is 653. The van der Waals surface area contributed by atoms with E-state index in [1.807, 2.05) is 38.1 Å². The molecule has 1 aromatic carbocycles. The van der Waals surface area contributed by atoms with Crippen LogP contribution < -0.4 is 10.1 Å². The highest BCUT2D eigenvalue weighted by Crippen LogP contribution is 2.19. The van der Waals surface area contributed by atoms with Crippen LogP contribution in [0.4, 0.5) is 0 Å². The molecule has 0 aliphatic rings. The molecule has 2 aromatic rings. The first-order valence-electron chi connectivity index (χ1n) is 8.44. The summed E-state index contributed by atoms with van der Waals surface area (Å²) in [4.78, 5) is 16.1. The molecule has 1 heterocycles. The van der Waals surface area contributed by atoms with Gasteiger partial charge in [0, 0.05) is 31.6 Å². The minimum absolute atomic E-state index is 0.0336. The Morgan fingerprint density at radius 3 is 2.72 bits per heavy atom. The zero-order chi connectivity index (χ0) is 18.1. The Balaban J connectivity index is 1.72. The first kappa shape index (κ1) is 18.9. The van der Waals surface area contributed by atoms with E-state index in [9.17, 15) is 4.79 Å². The summed E-state index contributed by atoms with van der Waals surface area (Å²) in [5.41, 5.74) is 0.838. The molecule has 0 atom stereocenters. The van der Waals surface area contributed by atoms with Crippen molar-refractivity contribution in [2.75, 3.05) is 20.3 Å². The van der Waals surface area contributed by atoms with Gasteiger partial charge in [-0.25, -0.2) is 0 Å². The van der Waals surface area contributed by atoms with Crippen LogP contribution in [0.1, 0.15) is 32.6 Å². The summed E-state index contributed by atoms with van der Waals surface area (Å²) in [7, 11) is 1.61. The number of nitrogens with one attached hydrogen (secondary N) is 1. The van der Waals surface area contributed by atoms with Gasteiger partial charge < -0.3 is 19.3 Å². The number of benzene rings is 1. The number of nitrogens with zero attached hydrogens (tertiary/aromatic N) is 2. The van der Waals surface area contributed by atoms with E-state index in [0.29, 0.717) is 37.7 Å². The maximum absolute atomic E-state index is 11.8. The number of methoxy groups -OCH3 is 1. The molecule has 0 aliphatic heterocycles. The maximum atomic E-state index is 11.8. The fraction of sp³-hybridized carbons (Fsp3) is 0.500. The number of aryl methyl sites for hydroxylation is 1. The molecule has 0 saturated carbocycles. The molecule has 0 saturated heterocycles. The van der Waals surface area contributed by atoms with Gasteiger partial charge in [-0.3, -0.25) is 4.79 Å². The van der Waals surface area contributed by atoms with Gasteiger partial charge in [-0.05, 0) is 44.5 Å². The molecular weight excluding hydrogens is 322 g/mol. The van der Waals surface area contributed by atoms with E-state index in [1.165, 1.54) is 0 Å². The molecule has 0 bridgehead atoms. The predicted molar refractivity (Wildman–Crippen MR) is 93.3 cm³/mol. The second-order valence-electron chi connectivity index (χ2n) is 5.86. The number of ether oxygens (including phenoxy) is 2. The molecule has 0 radical (unpaired) electrons. The Morgan fingerprint density at radius 2 is 2.04 bits per heavy atom. The van der Waals surface area contributed by atoms with Gasteiger partial charge in [0.1, 0.15) is 5.75 Å². The molecule has 0 aliphatic carbocycles. The molecule has 7 heteroatoms. The first-order valence-corrected chi connectivity index (χ1v) is 8.44. The van der Waals surface area contributed by atoms with Gasteiger partial charge in [-0.1, -0.05) is 5.16 Å². The Labute approximate surface area is 147 Å². The fourth-order valence-electron chi connectivity index (χ4n) is 2.14. The van der Waals surface area contributed by atoms with E-state index in [-0.39, 0.29) is 12.0 Å². The van der Waals surface area contributed by atoms with E-state index in [4.69, 9.17) is 14.0 Å². The number of amides is 1. The third-order valence-corrected chi connectivity index (χ3v) is 3.48. The van der Waals surface area contributed by atoms with Gasteiger partial charge in [-0.2, -0.15) is 4.98 Å². The van der Waals surface area contributed by atoms with Crippen molar-refractivity contribution in [3.63, 3.8) is 0 Å². The van der Waals surface area contributed by atoms with Crippen LogP contribution in [0.15, 0.2) is 28.8 Å². The molecule has 25 heavy (non-hydrogen) atoms. The third kappa shape index (κ3) is 6.54. The molecular formula is C18H25N3O4. The predicted octanol–water partition coefficient (Wildman–Crippen LogP) is 2.61. The fourth-order valence-corrected chi connectivity index (χ4v) is 2.14. The number of aromatic nitrogens is 2. The summed E-state index contributed by atoms with van der Waals surface area (Å²) in [6, 6.07) is 7.39. The lowest BCUT2D eigenvalue weighted by molar-refractivity contribution is -0.121. The quantitative estimate of drug-likeness (QED) is 0.665. The minimum atomic E-state index is -0.0336. The third-order valence-electron chi connectivity index (χ3n) is 3.48. The minimum Gasteiger partial charge on any atom is -0.497 e. The van der Waals surface area contributed by atoms with Crippen LogP contribution in [0, 0.1) is 0 Å². The van der Waals surface area contributed by atoms with E-state index < -0.39 is 0 Å². The van der Waals surface area contributed by atoms with Crippen molar-refractivity contribution >= 4 is 5.91 Å². The number of rotatable bonds is 10. The summed E-state index contributed by atoms with van der Waals surface area (Å²) in [5, 5.41) is 6.80. The number of hydrogen-bond donors (Lipinski definition) is 1. The van der Waals surface area contributed by atoms with Gasteiger partial charge in [0.15, 0.2) is 0 Å². The Hall–Kier alpha value is -2.41. The van der Waals surface area contributed by atoms with E-state index in [2.05, 4.69) is 15.5 Å². The molecule has 1 N–H and O–H groups in total. The summed E-state index contributed by atoms with van der Waals surface area (Å²) < 4.78 is 15.7. The highest BCUT2D eigenvalue weighted by atomic mass is 16.5. The van der Waals surface area contributed by atoms with Crippen LogP contribution in [0.3, 0.4) is 0 Å².